The number of hydrogen-bond donors (Lipinski definition) is 1. The van der Waals surface area contributed by atoms with Crippen LogP contribution in [-0.4, -0.2) is 11.1 Å². The molecule has 0 radical (unpaired) electrons. The predicted molar refractivity (Wildman–Crippen MR) is 50.3 cm³/mol. The van der Waals surface area contributed by atoms with E-state index in [1.165, 1.54) is 0 Å². The summed E-state index contributed by atoms with van der Waals surface area (Å²) < 4.78 is 0. The zero-order valence-electron chi connectivity index (χ0n) is 7.37. The van der Waals surface area contributed by atoms with E-state index in [0.717, 1.165) is 11.1 Å². The maximum atomic E-state index is 10.1. The van der Waals surface area contributed by atoms with Crippen LogP contribution in [0.5, 0.6) is 0 Å². The molecule has 0 saturated carbocycles. The zero-order chi connectivity index (χ0) is 9.68. The molecule has 0 amide bonds. The Kier molecular flexibility index (Phi) is 3.10. The molecule has 0 bridgehead atoms. The Labute approximate surface area is 77.2 Å². The summed E-state index contributed by atoms with van der Waals surface area (Å²) in [6.07, 6.45) is 0.494. The van der Waals surface area contributed by atoms with Gasteiger partial charge in [-0.1, -0.05) is 35.7 Å². The predicted octanol–water partition coefficient (Wildman–Crippen LogP) is 1.63. The lowest BCUT2D eigenvalue weighted by atomic mass is 10.1. The maximum absolute atomic E-state index is 10.1. The highest BCUT2D eigenvalue weighted by atomic mass is 16.4. The first kappa shape index (κ1) is 9.34. The molecule has 0 aliphatic carbocycles. The van der Waals surface area contributed by atoms with Gasteiger partial charge in [-0.05, 0) is 12.5 Å². The van der Waals surface area contributed by atoms with E-state index in [-0.39, 0.29) is 0 Å². The number of carbonyl (C=O) groups is 1. The molecule has 1 rings (SSSR count). The van der Waals surface area contributed by atoms with Gasteiger partial charge in [0.05, 0.1) is 0 Å². The van der Waals surface area contributed by atoms with Crippen LogP contribution in [0.4, 0.5) is 0 Å². The third-order valence-electron chi connectivity index (χ3n) is 1.57. The molecule has 2 nitrogen and oxygen atoms in total. The number of hydrogen-bond acceptors (Lipinski definition) is 1. The summed E-state index contributed by atoms with van der Waals surface area (Å²) in [5, 5.41) is 8.27. The second-order valence-corrected chi connectivity index (χ2v) is 2.77. The maximum Gasteiger partial charge on any atom is 0.381 e. The first-order chi connectivity index (χ1) is 6.18. The summed E-state index contributed by atoms with van der Waals surface area (Å²) in [6, 6.07) is 7.86. The van der Waals surface area contributed by atoms with Crippen molar-refractivity contribution in [1.29, 1.82) is 0 Å². The van der Waals surface area contributed by atoms with E-state index in [1.807, 2.05) is 31.2 Å². The SMILES string of the molecule is Cc1cccc(CC#CC(=O)O)c1. The van der Waals surface area contributed by atoms with Crippen molar-refractivity contribution < 1.29 is 9.90 Å². The minimum Gasteiger partial charge on any atom is -0.472 e. The Morgan fingerprint density at radius 3 is 2.92 bits per heavy atom. The largest absolute Gasteiger partial charge is 0.472 e. The van der Waals surface area contributed by atoms with Crippen molar-refractivity contribution in [3.8, 4) is 11.8 Å². The summed E-state index contributed by atoms with van der Waals surface area (Å²) in [6.45, 7) is 1.99. The third kappa shape index (κ3) is 3.44. The number of aryl methyl sites for hydroxylation is 1. The van der Waals surface area contributed by atoms with Crippen molar-refractivity contribution in [2.75, 3.05) is 0 Å². The van der Waals surface area contributed by atoms with Crippen molar-refractivity contribution in [3.63, 3.8) is 0 Å². The summed E-state index contributed by atoms with van der Waals surface area (Å²) >= 11 is 0. The topological polar surface area (TPSA) is 37.3 Å². The molecule has 0 spiro atoms. The van der Waals surface area contributed by atoms with E-state index < -0.39 is 5.97 Å². The third-order valence-corrected chi connectivity index (χ3v) is 1.57. The number of carboxylic acid groups (broad SMARTS) is 1. The zero-order valence-corrected chi connectivity index (χ0v) is 7.37. The molecule has 0 saturated heterocycles. The second-order valence-electron chi connectivity index (χ2n) is 2.77. The highest BCUT2D eigenvalue weighted by molar-refractivity contribution is 5.86. The fourth-order valence-corrected chi connectivity index (χ4v) is 1.04. The van der Waals surface area contributed by atoms with Crippen LogP contribution in [0.15, 0.2) is 24.3 Å². The molecule has 0 aromatic heterocycles. The van der Waals surface area contributed by atoms with Crippen LogP contribution in [0.25, 0.3) is 0 Å². The molecule has 1 aromatic rings. The molecule has 0 unspecified atom stereocenters. The molecule has 0 fully saturated rings. The van der Waals surface area contributed by atoms with Crippen LogP contribution in [0.2, 0.25) is 0 Å². The van der Waals surface area contributed by atoms with Crippen LogP contribution >= 0.6 is 0 Å². The molecule has 66 valence electrons. The molecule has 13 heavy (non-hydrogen) atoms. The van der Waals surface area contributed by atoms with Gasteiger partial charge in [0.25, 0.3) is 0 Å². The Hall–Kier alpha value is -1.75. The van der Waals surface area contributed by atoms with Crippen molar-refractivity contribution in [2.24, 2.45) is 0 Å². The van der Waals surface area contributed by atoms with Crippen LogP contribution in [0.1, 0.15) is 11.1 Å². The Morgan fingerprint density at radius 1 is 1.54 bits per heavy atom. The second kappa shape index (κ2) is 4.32. The van der Waals surface area contributed by atoms with Gasteiger partial charge in [-0.3, -0.25) is 0 Å². The minimum absolute atomic E-state index is 0.494. The summed E-state index contributed by atoms with van der Waals surface area (Å²) in [7, 11) is 0. The summed E-state index contributed by atoms with van der Waals surface area (Å²) in [5.74, 6) is 3.58. The standard InChI is InChI=1S/C11H10O2/c1-9-4-2-5-10(8-9)6-3-7-11(12)13/h2,4-5,8H,6H2,1H3,(H,12,13). The smallest absolute Gasteiger partial charge is 0.381 e. The summed E-state index contributed by atoms with van der Waals surface area (Å²) in [4.78, 5) is 10.1. The first-order valence-corrected chi connectivity index (χ1v) is 3.96. The number of rotatable bonds is 1. The number of carboxylic acids is 1. The average Bonchev–Trinajstić information content (AvgIpc) is 2.03. The van der Waals surface area contributed by atoms with Crippen molar-refractivity contribution in [2.45, 2.75) is 13.3 Å². The molecular formula is C11H10O2. The lowest BCUT2D eigenvalue weighted by Gasteiger charge is -1.95. The van der Waals surface area contributed by atoms with Gasteiger partial charge >= 0.3 is 5.97 Å². The van der Waals surface area contributed by atoms with Gasteiger partial charge in [0.1, 0.15) is 0 Å². The highest BCUT2D eigenvalue weighted by Gasteiger charge is 1.90. The van der Waals surface area contributed by atoms with Gasteiger partial charge in [-0.25, -0.2) is 4.79 Å². The van der Waals surface area contributed by atoms with Gasteiger partial charge < -0.3 is 5.11 Å². The first-order valence-electron chi connectivity index (χ1n) is 3.96. The lowest BCUT2D eigenvalue weighted by molar-refractivity contribution is -0.130. The van der Waals surface area contributed by atoms with Crippen LogP contribution in [0, 0.1) is 18.8 Å². The van der Waals surface area contributed by atoms with E-state index >= 15 is 0 Å². The van der Waals surface area contributed by atoms with Gasteiger partial charge in [0, 0.05) is 12.3 Å². The van der Waals surface area contributed by atoms with E-state index in [1.54, 1.807) is 0 Å². The van der Waals surface area contributed by atoms with Gasteiger partial charge in [0.15, 0.2) is 0 Å². The molecule has 1 N–H and O–H groups in total. The normalized spacial score (nSPS) is 8.69. The molecule has 0 heterocycles. The molecule has 0 aliphatic rings. The molecule has 0 atom stereocenters. The van der Waals surface area contributed by atoms with E-state index in [4.69, 9.17) is 5.11 Å². The van der Waals surface area contributed by atoms with Crippen molar-refractivity contribution in [1.82, 2.24) is 0 Å². The van der Waals surface area contributed by atoms with E-state index in [0.29, 0.717) is 6.42 Å². The van der Waals surface area contributed by atoms with E-state index in [2.05, 4.69) is 11.8 Å². The Bertz CT molecular complexity index is 369. The van der Waals surface area contributed by atoms with Crippen LogP contribution in [0.3, 0.4) is 0 Å². The van der Waals surface area contributed by atoms with Crippen molar-refractivity contribution >= 4 is 5.97 Å². The molecule has 2 heteroatoms. The van der Waals surface area contributed by atoms with E-state index in [9.17, 15) is 4.79 Å². The highest BCUT2D eigenvalue weighted by Crippen LogP contribution is 2.03. The van der Waals surface area contributed by atoms with Gasteiger partial charge in [0.2, 0.25) is 0 Å². The fourth-order valence-electron chi connectivity index (χ4n) is 1.04. The average molecular weight is 174 g/mol. The quantitative estimate of drug-likeness (QED) is 0.657. The van der Waals surface area contributed by atoms with Gasteiger partial charge in [-0.2, -0.15) is 0 Å². The van der Waals surface area contributed by atoms with Crippen LogP contribution in [-0.2, 0) is 11.2 Å². The fraction of sp³-hybridized carbons (Fsp3) is 0.182. The van der Waals surface area contributed by atoms with Crippen molar-refractivity contribution in [3.05, 3.63) is 35.4 Å². The minimum atomic E-state index is -1.08. The molecule has 1 aromatic carbocycles. The Morgan fingerprint density at radius 2 is 2.31 bits per heavy atom. The number of benzene rings is 1. The lowest BCUT2D eigenvalue weighted by Crippen LogP contribution is -1.88. The summed E-state index contributed by atoms with van der Waals surface area (Å²) in [5.41, 5.74) is 2.21. The van der Waals surface area contributed by atoms with Gasteiger partial charge in [-0.15, -0.1) is 0 Å². The van der Waals surface area contributed by atoms with Crippen LogP contribution < -0.4 is 0 Å². The Balaban J connectivity index is 2.66. The molecule has 0 aliphatic heterocycles. The number of aliphatic carboxylic acids is 1. The molecular weight excluding hydrogens is 164 g/mol. The monoisotopic (exact) mass is 174 g/mol.